The predicted molar refractivity (Wildman–Crippen MR) is 69.0 cm³/mol. The Labute approximate surface area is 104 Å². The molecule has 0 aromatic heterocycles. The van der Waals surface area contributed by atoms with Gasteiger partial charge in [0.2, 0.25) is 0 Å². The Balaban J connectivity index is 2.14. The van der Waals surface area contributed by atoms with Crippen molar-refractivity contribution in [1.82, 2.24) is 0 Å². The van der Waals surface area contributed by atoms with E-state index in [1.165, 1.54) is 5.56 Å². The normalized spacial score (nSPS) is 25.5. The molecule has 0 saturated carbocycles. The van der Waals surface area contributed by atoms with Gasteiger partial charge in [0.15, 0.2) is 0 Å². The predicted octanol–water partition coefficient (Wildman–Crippen LogP) is 3.03. The van der Waals surface area contributed by atoms with Crippen LogP contribution < -0.4 is 0 Å². The fourth-order valence-corrected chi connectivity index (χ4v) is 2.49. The molecule has 94 valence electrons. The lowest BCUT2D eigenvalue weighted by atomic mass is 9.86. The van der Waals surface area contributed by atoms with Crippen LogP contribution in [-0.2, 0) is 16.8 Å². The summed E-state index contributed by atoms with van der Waals surface area (Å²) in [6, 6.07) is 8.44. The summed E-state index contributed by atoms with van der Waals surface area (Å²) in [5.41, 5.74) is 1.72. The number of aryl methyl sites for hydroxylation is 1. The van der Waals surface area contributed by atoms with Crippen molar-refractivity contribution in [2.24, 2.45) is 0 Å². The van der Waals surface area contributed by atoms with E-state index in [-0.39, 0.29) is 0 Å². The maximum Gasteiger partial charge on any atom is 0.0919 e. The molecule has 17 heavy (non-hydrogen) atoms. The van der Waals surface area contributed by atoms with Gasteiger partial charge in [-0.05, 0) is 30.4 Å². The van der Waals surface area contributed by atoms with E-state index in [1.807, 2.05) is 0 Å². The Kier molecular flexibility index (Phi) is 4.19. The van der Waals surface area contributed by atoms with Crippen LogP contribution in [0.2, 0.25) is 0 Å². The van der Waals surface area contributed by atoms with Crippen molar-refractivity contribution in [1.29, 1.82) is 0 Å². The van der Waals surface area contributed by atoms with Crippen LogP contribution in [0.25, 0.3) is 0 Å². The van der Waals surface area contributed by atoms with Gasteiger partial charge in [0, 0.05) is 19.6 Å². The van der Waals surface area contributed by atoms with E-state index < -0.39 is 5.60 Å². The van der Waals surface area contributed by atoms with Gasteiger partial charge in [-0.1, -0.05) is 37.6 Å². The average molecular weight is 234 g/mol. The minimum Gasteiger partial charge on any atom is -0.385 e. The lowest BCUT2D eigenvalue weighted by Gasteiger charge is -2.26. The standard InChI is InChI=1S/C15H22O2/c1-2-4-13-5-7-14(8-6-13)15(16)9-3-11-17-12-10-15/h5-8,16H,2-4,9-12H2,1H3. The monoisotopic (exact) mass is 234 g/mol. The second-order valence-electron chi connectivity index (χ2n) is 4.94. The van der Waals surface area contributed by atoms with Crippen LogP contribution in [0.1, 0.15) is 43.7 Å². The van der Waals surface area contributed by atoms with Crippen LogP contribution in [0.5, 0.6) is 0 Å². The molecular weight excluding hydrogens is 212 g/mol. The molecule has 0 bridgehead atoms. The van der Waals surface area contributed by atoms with Crippen molar-refractivity contribution in [3.63, 3.8) is 0 Å². The van der Waals surface area contributed by atoms with Crippen molar-refractivity contribution < 1.29 is 9.84 Å². The number of hydrogen-bond acceptors (Lipinski definition) is 2. The highest BCUT2D eigenvalue weighted by molar-refractivity contribution is 5.27. The number of aliphatic hydroxyl groups is 1. The van der Waals surface area contributed by atoms with Gasteiger partial charge in [-0.15, -0.1) is 0 Å². The van der Waals surface area contributed by atoms with Crippen LogP contribution >= 0.6 is 0 Å². The van der Waals surface area contributed by atoms with Crippen LogP contribution in [0.4, 0.5) is 0 Å². The molecular formula is C15H22O2. The first-order valence-electron chi connectivity index (χ1n) is 6.64. The van der Waals surface area contributed by atoms with Gasteiger partial charge >= 0.3 is 0 Å². The second-order valence-corrected chi connectivity index (χ2v) is 4.94. The lowest BCUT2D eigenvalue weighted by molar-refractivity contribution is 0.0144. The van der Waals surface area contributed by atoms with Gasteiger partial charge in [-0.2, -0.15) is 0 Å². The molecule has 1 fully saturated rings. The SMILES string of the molecule is CCCc1ccc(C2(O)CCCOCC2)cc1. The topological polar surface area (TPSA) is 29.5 Å². The highest BCUT2D eigenvalue weighted by Gasteiger charge is 2.30. The van der Waals surface area contributed by atoms with Gasteiger partial charge in [0.05, 0.1) is 5.60 Å². The first-order chi connectivity index (χ1) is 8.24. The molecule has 0 amide bonds. The molecule has 1 heterocycles. The molecule has 2 nitrogen and oxygen atoms in total. The summed E-state index contributed by atoms with van der Waals surface area (Å²) >= 11 is 0. The van der Waals surface area contributed by atoms with Crippen LogP contribution in [0.3, 0.4) is 0 Å². The molecule has 0 aliphatic carbocycles. The molecule has 1 unspecified atom stereocenters. The van der Waals surface area contributed by atoms with E-state index in [0.29, 0.717) is 13.0 Å². The quantitative estimate of drug-likeness (QED) is 0.871. The van der Waals surface area contributed by atoms with Gasteiger partial charge < -0.3 is 9.84 Å². The zero-order chi connectivity index (χ0) is 12.1. The van der Waals surface area contributed by atoms with Gasteiger partial charge in [-0.3, -0.25) is 0 Å². The number of hydrogen-bond donors (Lipinski definition) is 1. The first-order valence-corrected chi connectivity index (χ1v) is 6.64. The van der Waals surface area contributed by atoms with E-state index in [9.17, 15) is 5.11 Å². The zero-order valence-electron chi connectivity index (χ0n) is 10.6. The Morgan fingerprint density at radius 2 is 1.94 bits per heavy atom. The van der Waals surface area contributed by atoms with Crippen molar-refractivity contribution in [2.45, 2.75) is 44.6 Å². The summed E-state index contributed by atoms with van der Waals surface area (Å²) in [6.07, 6.45) is 4.73. The molecule has 0 radical (unpaired) electrons. The summed E-state index contributed by atoms with van der Waals surface area (Å²) in [7, 11) is 0. The summed E-state index contributed by atoms with van der Waals surface area (Å²) in [6.45, 7) is 3.62. The van der Waals surface area contributed by atoms with Crippen molar-refractivity contribution in [3.8, 4) is 0 Å². The lowest BCUT2D eigenvalue weighted by Crippen LogP contribution is -2.25. The second kappa shape index (κ2) is 5.65. The van der Waals surface area contributed by atoms with E-state index >= 15 is 0 Å². The number of rotatable bonds is 3. The Hall–Kier alpha value is -0.860. The van der Waals surface area contributed by atoms with Gasteiger partial charge in [0.1, 0.15) is 0 Å². The average Bonchev–Trinajstić information content (AvgIpc) is 2.56. The summed E-state index contributed by atoms with van der Waals surface area (Å²) in [5.74, 6) is 0. The van der Waals surface area contributed by atoms with Crippen molar-refractivity contribution in [3.05, 3.63) is 35.4 Å². The molecule has 2 rings (SSSR count). The van der Waals surface area contributed by atoms with Crippen LogP contribution in [0, 0.1) is 0 Å². The van der Waals surface area contributed by atoms with Crippen LogP contribution in [-0.4, -0.2) is 18.3 Å². The minimum atomic E-state index is -0.679. The van der Waals surface area contributed by atoms with E-state index in [0.717, 1.165) is 37.9 Å². The first kappa shape index (κ1) is 12.6. The summed E-state index contributed by atoms with van der Waals surface area (Å²) in [4.78, 5) is 0. The maximum atomic E-state index is 10.7. The summed E-state index contributed by atoms with van der Waals surface area (Å²) < 4.78 is 5.41. The zero-order valence-corrected chi connectivity index (χ0v) is 10.6. The molecule has 1 aromatic rings. The third kappa shape index (κ3) is 3.08. The number of ether oxygens (including phenoxy) is 1. The molecule has 0 spiro atoms. The van der Waals surface area contributed by atoms with Crippen molar-refractivity contribution >= 4 is 0 Å². The third-order valence-electron chi connectivity index (χ3n) is 3.57. The molecule has 1 N–H and O–H groups in total. The smallest absolute Gasteiger partial charge is 0.0919 e. The molecule has 1 atom stereocenters. The molecule has 1 aliphatic heterocycles. The van der Waals surface area contributed by atoms with Gasteiger partial charge in [0.25, 0.3) is 0 Å². The highest BCUT2D eigenvalue weighted by Crippen LogP contribution is 2.32. The van der Waals surface area contributed by atoms with E-state index in [1.54, 1.807) is 0 Å². The van der Waals surface area contributed by atoms with Gasteiger partial charge in [-0.25, -0.2) is 0 Å². The fourth-order valence-electron chi connectivity index (χ4n) is 2.49. The summed E-state index contributed by atoms with van der Waals surface area (Å²) in [5, 5.41) is 10.7. The fraction of sp³-hybridized carbons (Fsp3) is 0.600. The third-order valence-corrected chi connectivity index (χ3v) is 3.57. The number of benzene rings is 1. The maximum absolute atomic E-state index is 10.7. The molecule has 1 aliphatic rings. The molecule has 1 saturated heterocycles. The van der Waals surface area contributed by atoms with E-state index in [4.69, 9.17) is 4.74 Å². The highest BCUT2D eigenvalue weighted by atomic mass is 16.5. The van der Waals surface area contributed by atoms with E-state index in [2.05, 4.69) is 31.2 Å². The largest absolute Gasteiger partial charge is 0.385 e. The molecule has 2 heteroatoms. The Bertz CT molecular complexity index is 334. The molecule has 1 aromatic carbocycles. The Morgan fingerprint density at radius 1 is 1.18 bits per heavy atom. The van der Waals surface area contributed by atoms with Crippen molar-refractivity contribution in [2.75, 3.05) is 13.2 Å². The van der Waals surface area contributed by atoms with Crippen LogP contribution in [0.15, 0.2) is 24.3 Å². The minimum absolute atomic E-state index is 0.660. The Morgan fingerprint density at radius 3 is 2.65 bits per heavy atom.